The van der Waals surface area contributed by atoms with Crippen LogP contribution >= 0.6 is 0 Å². The molecule has 7 nitrogen and oxygen atoms in total. The maximum atomic E-state index is 13.1. The number of nitrogens with zero attached hydrogens (tertiary/aromatic N) is 3. The molecule has 0 unspecified atom stereocenters. The normalized spacial score (nSPS) is 25.6. The van der Waals surface area contributed by atoms with Crippen LogP contribution in [0.25, 0.3) is 0 Å². The predicted molar refractivity (Wildman–Crippen MR) is 88.7 cm³/mol. The number of amides is 2. The van der Waals surface area contributed by atoms with Crippen LogP contribution in [-0.4, -0.2) is 65.5 Å². The third-order valence-electron chi connectivity index (χ3n) is 5.50. The van der Waals surface area contributed by atoms with Crippen LogP contribution in [-0.2, 0) is 11.2 Å². The van der Waals surface area contributed by atoms with Crippen molar-refractivity contribution in [3.8, 4) is 0 Å². The number of aryl methyl sites for hydroxylation is 2. The molecule has 1 aromatic heterocycles. The van der Waals surface area contributed by atoms with Gasteiger partial charge in [0.25, 0.3) is 5.91 Å². The van der Waals surface area contributed by atoms with Gasteiger partial charge in [0.05, 0.1) is 5.69 Å². The third kappa shape index (κ3) is 2.92. The average Bonchev–Trinajstić information content (AvgIpc) is 2.84. The number of rotatable bonds is 2. The standard InChI is InChI=1S/C17H26N4O3/c1-4-13-15(12(2)24-19-13)16(23)21-10-9-20(3)17(11-21)6-5-14(22)18-8-7-17/h4-11H2,1-3H3,(H,18,22)/t17-/m0/s1. The summed E-state index contributed by atoms with van der Waals surface area (Å²) in [5, 5.41) is 6.95. The quantitative estimate of drug-likeness (QED) is 0.872. The molecular weight excluding hydrogens is 308 g/mol. The molecule has 2 saturated heterocycles. The third-order valence-corrected chi connectivity index (χ3v) is 5.50. The van der Waals surface area contributed by atoms with Gasteiger partial charge < -0.3 is 14.7 Å². The molecule has 0 saturated carbocycles. The zero-order valence-electron chi connectivity index (χ0n) is 14.7. The number of hydrogen-bond acceptors (Lipinski definition) is 5. The highest BCUT2D eigenvalue weighted by molar-refractivity contribution is 5.96. The number of likely N-dealkylation sites (N-methyl/N-ethyl adjacent to an activating group) is 1. The predicted octanol–water partition coefficient (Wildman–Crippen LogP) is 0.972. The summed E-state index contributed by atoms with van der Waals surface area (Å²) in [5.41, 5.74) is 1.20. The van der Waals surface area contributed by atoms with Crippen molar-refractivity contribution in [3.63, 3.8) is 0 Å². The Balaban J connectivity index is 1.83. The highest BCUT2D eigenvalue weighted by Gasteiger charge is 2.42. The van der Waals surface area contributed by atoms with Crippen molar-refractivity contribution in [1.82, 2.24) is 20.3 Å². The highest BCUT2D eigenvalue weighted by atomic mass is 16.5. The molecule has 2 aliphatic rings. The van der Waals surface area contributed by atoms with Crippen molar-refractivity contribution in [1.29, 1.82) is 0 Å². The topological polar surface area (TPSA) is 78.7 Å². The second kappa shape index (κ2) is 6.55. The van der Waals surface area contributed by atoms with Crippen LogP contribution in [0.3, 0.4) is 0 Å². The van der Waals surface area contributed by atoms with E-state index in [9.17, 15) is 9.59 Å². The fourth-order valence-electron chi connectivity index (χ4n) is 3.86. The Morgan fingerprint density at radius 1 is 1.38 bits per heavy atom. The second-order valence-corrected chi connectivity index (χ2v) is 6.89. The maximum Gasteiger partial charge on any atom is 0.259 e. The molecule has 2 aliphatic heterocycles. The highest BCUT2D eigenvalue weighted by Crippen LogP contribution is 2.31. The minimum Gasteiger partial charge on any atom is -0.361 e. The van der Waals surface area contributed by atoms with E-state index in [-0.39, 0.29) is 17.4 Å². The summed E-state index contributed by atoms with van der Waals surface area (Å²) in [6, 6.07) is 0. The molecule has 0 aromatic carbocycles. The van der Waals surface area contributed by atoms with Crippen LogP contribution in [0.2, 0.25) is 0 Å². The molecule has 3 heterocycles. The molecule has 24 heavy (non-hydrogen) atoms. The van der Waals surface area contributed by atoms with Gasteiger partial charge in [-0.2, -0.15) is 0 Å². The van der Waals surface area contributed by atoms with Crippen molar-refractivity contribution in [2.24, 2.45) is 0 Å². The summed E-state index contributed by atoms with van der Waals surface area (Å²) in [6.07, 6.45) is 2.83. The molecule has 132 valence electrons. The lowest BCUT2D eigenvalue weighted by molar-refractivity contribution is -0.121. The lowest BCUT2D eigenvalue weighted by Crippen LogP contribution is -2.62. The molecule has 0 radical (unpaired) electrons. The fourth-order valence-corrected chi connectivity index (χ4v) is 3.86. The van der Waals surface area contributed by atoms with Crippen LogP contribution in [0.1, 0.15) is 48.0 Å². The first-order valence-corrected chi connectivity index (χ1v) is 8.69. The van der Waals surface area contributed by atoms with Gasteiger partial charge in [-0.15, -0.1) is 0 Å². The molecular formula is C17H26N4O3. The maximum absolute atomic E-state index is 13.1. The van der Waals surface area contributed by atoms with Gasteiger partial charge in [-0.3, -0.25) is 14.5 Å². The number of aromatic nitrogens is 1. The van der Waals surface area contributed by atoms with E-state index in [1.165, 1.54) is 0 Å². The lowest BCUT2D eigenvalue weighted by atomic mass is 9.86. The zero-order chi connectivity index (χ0) is 17.3. The second-order valence-electron chi connectivity index (χ2n) is 6.89. The van der Waals surface area contributed by atoms with Gasteiger partial charge in [0.2, 0.25) is 5.91 Å². The van der Waals surface area contributed by atoms with Gasteiger partial charge in [0, 0.05) is 38.1 Å². The number of piperazine rings is 1. The van der Waals surface area contributed by atoms with Gasteiger partial charge >= 0.3 is 0 Å². The molecule has 3 rings (SSSR count). The minimum atomic E-state index is -0.134. The average molecular weight is 334 g/mol. The number of nitrogens with one attached hydrogen (secondary N) is 1. The van der Waals surface area contributed by atoms with E-state index < -0.39 is 0 Å². The Hall–Kier alpha value is -1.89. The van der Waals surface area contributed by atoms with Crippen molar-refractivity contribution >= 4 is 11.8 Å². The summed E-state index contributed by atoms with van der Waals surface area (Å²) in [5.74, 6) is 0.691. The molecule has 1 spiro atoms. The van der Waals surface area contributed by atoms with Crippen LogP contribution in [0.15, 0.2) is 4.52 Å². The van der Waals surface area contributed by atoms with E-state index in [2.05, 4.69) is 22.4 Å². The molecule has 2 fully saturated rings. The molecule has 0 aliphatic carbocycles. The molecule has 0 bridgehead atoms. The first kappa shape index (κ1) is 17.0. The Labute approximate surface area is 142 Å². The Bertz CT molecular complexity index is 642. The summed E-state index contributed by atoms with van der Waals surface area (Å²) in [7, 11) is 2.10. The molecule has 2 amide bonds. The number of carbonyl (C=O) groups excluding carboxylic acids is 2. The van der Waals surface area contributed by atoms with E-state index in [4.69, 9.17) is 4.52 Å². The van der Waals surface area contributed by atoms with Crippen molar-refractivity contribution < 1.29 is 14.1 Å². The van der Waals surface area contributed by atoms with Crippen molar-refractivity contribution in [2.75, 3.05) is 33.2 Å². The molecule has 7 heteroatoms. The zero-order valence-corrected chi connectivity index (χ0v) is 14.7. The molecule has 1 atom stereocenters. The molecule has 1 aromatic rings. The first-order chi connectivity index (χ1) is 11.5. The summed E-state index contributed by atoms with van der Waals surface area (Å²) < 4.78 is 5.23. The van der Waals surface area contributed by atoms with E-state index >= 15 is 0 Å². The Kier molecular flexibility index (Phi) is 4.62. The van der Waals surface area contributed by atoms with Gasteiger partial charge in [-0.1, -0.05) is 12.1 Å². The largest absolute Gasteiger partial charge is 0.361 e. The minimum absolute atomic E-state index is 0.00149. The van der Waals surface area contributed by atoms with E-state index in [1.54, 1.807) is 6.92 Å². The summed E-state index contributed by atoms with van der Waals surface area (Å²) in [4.78, 5) is 29.0. The monoisotopic (exact) mass is 334 g/mol. The smallest absolute Gasteiger partial charge is 0.259 e. The number of hydrogen-bond donors (Lipinski definition) is 1. The molecule has 1 N–H and O–H groups in total. The van der Waals surface area contributed by atoms with Crippen LogP contribution < -0.4 is 5.32 Å². The van der Waals surface area contributed by atoms with Crippen LogP contribution in [0, 0.1) is 6.92 Å². The number of carbonyl (C=O) groups is 2. The Morgan fingerprint density at radius 3 is 2.92 bits per heavy atom. The van der Waals surface area contributed by atoms with E-state index in [0.29, 0.717) is 43.8 Å². The van der Waals surface area contributed by atoms with Gasteiger partial charge in [0.15, 0.2) is 0 Å². The van der Waals surface area contributed by atoms with Crippen molar-refractivity contribution in [3.05, 3.63) is 17.0 Å². The van der Waals surface area contributed by atoms with Gasteiger partial charge in [0.1, 0.15) is 11.3 Å². The van der Waals surface area contributed by atoms with Crippen LogP contribution in [0.5, 0.6) is 0 Å². The first-order valence-electron chi connectivity index (χ1n) is 8.69. The SMILES string of the molecule is CCc1noc(C)c1C(=O)N1CCN(C)[C@@]2(CCNC(=O)CC2)C1. The van der Waals surface area contributed by atoms with Gasteiger partial charge in [-0.05, 0) is 33.2 Å². The summed E-state index contributed by atoms with van der Waals surface area (Å²) in [6.45, 7) is 6.57. The summed E-state index contributed by atoms with van der Waals surface area (Å²) >= 11 is 0. The van der Waals surface area contributed by atoms with Crippen LogP contribution in [0.4, 0.5) is 0 Å². The van der Waals surface area contributed by atoms with E-state index in [0.717, 1.165) is 25.1 Å². The fraction of sp³-hybridized carbons (Fsp3) is 0.706. The Morgan fingerprint density at radius 2 is 2.17 bits per heavy atom. The lowest BCUT2D eigenvalue weighted by Gasteiger charge is -2.49. The van der Waals surface area contributed by atoms with Gasteiger partial charge in [-0.25, -0.2) is 0 Å². The van der Waals surface area contributed by atoms with Crippen molar-refractivity contribution in [2.45, 2.75) is 45.1 Å². The van der Waals surface area contributed by atoms with E-state index in [1.807, 2.05) is 11.8 Å².